The molecule has 2 aliphatic rings. The lowest BCUT2D eigenvalue weighted by Crippen LogP contribution is -2.44. The summed E-state index contributed by atoms with van der Waals surface area (Å²) in [6.45, 7) is 6.59. The molecule has 0 bridgehead atoms. The van der Waals surface area contributed by atoms with Crippen molar-refractivity contribution in [3.63, 3.8) is 0 Å². The maximum atomic E-state index is 5.97. The lowest BCUT2D eigenvalue weighted by atomic mass is 9.87. The van der Waals surface area contributed by atoms with Crippen LogP contribution in [0.5, 0.6) is 11.5 Å². The van der Waals surface area contributed by atoms with Crippen LogP contribution < -0.4 is 14.8 Å². The normalized spacial score (nSPS) is 23.7. The fourth-order valence-electron chi connectivity index (χ4n) is 3.60. The molecule has 6 nitrogen and oxygen atoms in total. The molecule has 0 aromatic heterocycles. The van der Waals surface area contributed by atoms with Crippen LogP contribution in [0.1, 0.15) is 19.8 Å². The molecule has 0 amide bonds. The van der Waals surface area contributed by atoms with Crippen LogP contribution in [0.3, 0.4) is 0 Å². The molecule has 1 spiro atoms. The van der Waals surface area contributed by atoms with E-state index in [0.29, 0.717) is 12.0 Å². The second-order valence-electron chi connectivity index (χ2n) is 7.01. The van der Waals surface area contributed by atoms with E-state index in [2.05, 4.69) is 22.1 Å². The van der Waals surface area contributed by atoms with Gasteiger partial charge in [0.15, 0.2) is 5.96 Å². The first-order valence-electron chi connectivity index (χ1n) is 8.98. The summed E-state index contributed by atoms with van der Waals surface area (Å²) in [5.41, 5.74) is 0.334. The van der Waals surface area contributed by atoms with Gasteiger partial charge < -0.3 is 24.4 Å². The molecule has 26 heavy (non-hydrogen) atoms. The van der Waals surface area contributed by atoms with Crippen LogP contribution in [-0.2, 0) is 4.74 Å². The average Bonchev–Trinajstić information content (AvgIpc) is 3.26. The molecule has 1 aromatic rings. The molecule has 2 saturated heterocycles. The number of nitrogens with one attached hydrogen (secondary N) is 1. The topological polar surface area (TPSA) is 55.3 Å². The highest BCUT2D eigenvalue weighted by atomic mass is 127. The zero-order valence-corrected chi connectivity index (χ0v) is 18.2. The summed E-state index contributed by atoms with van der Waals surface area (Å²) < 4.78 is 16.8. The number of rotatable bonds is 5. The van der Waals surface area contributed by atoms with Crippen molar-refractivity contribution in [2.75, 3.05) is 47.0 Å². The van der Waals surface area contributed by atoms with Gasteiger partial charge in [0.2, 0.25) is 0 Å². The van der Waals surface area contributed by atoms with Gasteiger partial charge in [0.25, 0.3) is 0 Å². The van der Waals surface area contributed by atoms with E-state index in [9.17, 15) is 0 Å². The van der Waals surface area contributed by atoms with Gasteiger partial charge >= 0.3 is 0 Å². The third-order valence-electron chi connectivity index (χ3n) is 5.06. The molecule has 2 fully saturated rings. The third-order valence-corrected chi connectivity index (χ3v) is 5.06. The second kappa shape index (κ2) is 9.64. The molecular weight excluding hydrogens is 445 g/mol. The summed E-state index contributed by atoms with van der Waals surface area (Å²) >= 11 is 0. The highest BCUT2D eigenvalue weighted by Gasteiger charge is 2.42. The summed E-state index contributed by atoms with van der Waals surface area (Å²) in [6, 6.07) is 7.68. The molecule has 146 valence electrons. The molecule has 2 atom stereocenters. The SMILES string of the molecule is CN=C(NCC(C)Oc1cccc(OC)c1)N1CCC2(CCOC2)C1.I. The van der Waals surface area contributed by atoms with Crippen LogP contribution in [0.15, 0.2) is 29.3 Å². The van der Waals surface area contributed by atoms with Gasteiger partial charge in [-0.1, -0.05) is 6.07 Å². The van der Waals surface area contributed by atoms with E-state index in [-0.39, 0.29) is 30.1 Å². The van der Waals surface area contributed by atoms with Crippen molar-refractivity contribution in [1.82, 2.24) is 10.2 Å². The van der Waals surface area contributed by atoms with Crippen LogP contribution >= 0.6 is 24.0 Å². The van der Waals surface area contributed by atoms with E-state index < -0.39 is 0 Å². The van der Waals surface area contributed by atoms with Crippen LogP contribution in [-0.4, -0.2) is 64.0 Å². The highest BCUT2D eigenvalue weighted by molar-refractivity contribution is 14.0. The van der Waals surface area contributed by atoms with Crippen molar-refractivity contribution in [3.05, 3.63) is 24.3 Å². The lowest BCUT2D eigenvalue weighted by molar-refractivity contribution is 0.156. The minimum Gasteiger partial charge on any atom is -0.497 e. The molecule has 2 heterocycles. The van der Waals surface area contributed by atoms with Crippen LogP contribution in [0.25, 0.3) is 0 Å². The Hall–Kier alpha value is -1.22. The Kier molecular flexibility index (Phi) is 7.82. The van der Waals surface area contributed by atoms with Crippen molar-refractivity contribution in [2.24, 2.45) is 10.4 Å². The molecule has 2 unspecified atom stereocenters. The summed E-state index contributed by atoms with van der Waals surface area (Å²) in [7, 11) is 3.50. The van der Waals surface area contributed by atoms with Gasteiger partial charge in [0, 0.05) is 38.2 Å². The smallest absolute Gasteiger partial charge is 0.193 e. The minimum atomic E-state index is 0. The van der Waals surface area contributed by atoms with Gasteiger partial charge in [-0.3, -0.25) is 4.99 Å². The highest BCUT2D eigenvalue weighted by Crippen LogP contribution is 2.38. The summed E-state index contributed by atoms with van der Waals surface area (Å²) in [5, 5.41) is 3.45. The first kappa shape index (κ1) is 21.1. The van der Waals surface area contributed by atoms with Crippen molar-refractivity contribution in [3.8, 4) is 11.5 Å². The first-order chi connectivity index (χ1) is 12.1. The fraction of sp³-hybridized carbons (Fsp3) is 0.632. The van der Waals surface area contributed by atoms with Crippen LogP contribution in [0.2, 0.25) is 0 Å². The zero-order chi connectivity index (χ0) is 17.7. The number of ether oxygens (including phenoxy) is 3. The lowest BCUT2D eigenvalue weighted by Gasteiger charge is -2.26. The van der Waals surface area contributed by atoms with E-state index in [1.165, 1.54) is 6.42 Å². The van der Waals surface area contributed by atoms with Gasteiger partial charge in [-0.2, -0.15) is 0 Å². The Morgan fingerprint density at radius 2 is 2.19 bits per heavy atom. The van der Waals surface area contributed by atoms with Crippen LogP contribution in [0.4, 0.5) is 0 Å². The van der Waals surface area contributed by atoms with E-state index in [4.69, 9.17) is 14.2 Å². The van der Waals surface area contributed by atoms with Crippen molar-refractivity contribution in [2.45, 2.75) is 25.9 Å². The molecule has 0 aliphatic carbocycles. The number of methoxy groups -OCH3 is 1. The quantitative estimate of drug-likeness (QED) is 0.404. The van der Waals surface area contributed by atoms with Crippen molar-refractivity contribution >= 4 is 29.9 Å². The molecule has 1 aromatic carbocycles. The standard InChI is InChI=1S/C19H29N3O3.HI/c1-15(25-17-6-4-5-16(11-17)23-3)12-21-18(20-2)22-9-7-19(13-22)8-10-24-14-19;/h4-6,11,15H,7-10,12-14H2,1-3H3,(H,20,21);1H. The second-order valence-corrected chi connectivity index (χ2v) is 7.01. The molecule has 2 aliphatic heterocycles. The van der Waals surface area contributed by atoms with Gasteiger partial charge in [-0.05, 0) is 31.9 Å². The van der Waals surface area contributed by atoms with E-state index in [0.717, 1.165) is 50.2 Å². The van der Waals surface area contributed by atoms with Gasteiger partial charge in [0.05, 0.1) is 20.3 Å². The van der Waals surface area contributed by atoms with Crippen molar-refractivity contribution in [1.29, 1.82) is 0 Å². The van der Waals surface area contributed by atoms with Gasteiger partial charge in [-0.15, -0.1) is 24.0 Å². The van der Waals surface area contributed by atoms with Gasteiger partial charge in [-0.25, -0.2) is 0 Å². The Balaban J connectivity index is 0.00000243. The zero-order valence-electron chi connectivity index (χ0n) is 15.9. The number of benzene rings is 1. The molecular formula is C19H30IN3O3. The Labute approximate surface area is 173 Å². The third kappa shape index (κ3) is 5.16. The number of guanidine groups is 1. The number of aliphatic imine (C=N–C) groups is 1. The molecule has 0 saturated carbocycles. The number of likely N-dealkylation sites (tertiary alicyclic amines) is 1. The fourth-order valence-corrected chi connectivity index (χ4v) is 3.60. The maximum Gasteiger partial charge on any atom is 0.193 e. The maximum absolute atomic E-state index is 5.97. The number of nitrogens with zero attached hydrogens (tertiary/aromatic N) is 2. The van der Waals surface area contributed by atoms with Crippen molar-refractivity contribution < 1.29 is 14.2 Å². The molecule has 3 rings (SSSR count). The minimum absolute atomic E-state index is 0. The largest absolute Gasteiger partial charge is 0.497 e. The average molecular weight is 475 g/mol. The molecule has 7 heteroatoms. The van der Waals surface area contributed by atoms with E-state index in [1.54, 1.807) is 7.11 Å². The van der Waals surface area contributed by atoms with Gasteiger partial charge in [0.1, 0.15) is 17.6 Å². The Bertz CT molecular complexity index is 605. The summed E-state index contributed by atoms with van der Waals surface area (Å²) in [5.74, 6) is 2.56. The molecule has 1 N–H and O–H groups in total. The first-order valence-corrected chi connectivity index (χ1v) is 8.98. The number of hydrogen-bond acceptors (Lipinski definition) is 4. The molecule has 0 radical (unpaired) electrons. The predicted octanol–water partition coefficient (Wildman–Crippen LogP) is 2.77. The Morgan fingerprint density at radius 3 is 2.88 bits per heavy atom. The summed E-state index contributed by atoms with van der Waals surface area (Å²) in [6.07, 6.45) is 2.37. The number of hydrogen-bond donors (Lipinski definition) is 1. The monoisotopic (exact) mass is 475 g/mol. The van der Waals surface area contributed by atoms with E-state index >= 15 is 0 Å². The number of halogens is 1. The Morgan fingerprint density at radius 1 is 1.38 bits per heavy atom. The summed E-state index contributed by atoms with van der Waals surface area (Å²) in [4.78, 5) is 6.79. The van der Waals surface area contributed by atoms with E-state index in [1.807, 2.05) is 31.3 Å². The predicted molar refractivity (Wildman–Crippen MR) is 114 cm³/mol. The van der Waals surface area contributed by atoms with Crippen LogP contribution in [0, 0.1) is 5.41 Å².